The van der Waals surface area contributed by atoms with Crippen molar-refractivity contribution in [3.8, 4) is 5.75 Å². The van der Waals surface area contributed by atoms with Crippen molar-refractivity contribution in [2.45, 2.75) is 6.54 Å². The highest BCUT2D eigenvalue weighted by Crippen LogP contribution is 2.15. The number of rotatable bonds is 3. The van der Waals surface area contributed by atoms with Crippen LogP contribution in [0.2, 0.25) is 0 Å². The molecule has 11 nitrogen and oxygen atoms in total. The van der Waals surface area contributed by atoms with E-state index in [4.69, 9.17) is 4.55 Å². The summed E-state index contributed by atoms with van der Waals surface area (Å²) in [6.45, 7) is -0.407. The molecular formula is C12H8N4O7S. The molecule has 0 unspecified atom stereocenters. The molecule has 2 heterocycles. The summed E-state index contributed by atoms with van der Waals surface area (Å²) in [5.74, 6) is -0.205. The molecule has 0 saturated carbocycles. The van der Waals surface area contributed by atoms with E-state index < -0.39 is 48.9 Å². The first kappa shape index (κ1) is 15.8. The Labute approximate surface area is 132 Å². The summed E-state index contributed by atoms with van der Waals surface area (Å²) in [6.07, 6.45) is 0. The maximum Gasteiger partial charge on any atom is 0.370 e. The first-order chi connectivity index (χ1) is 11.2. The van der Waals surface area contributed by atoms with Crippen LogP contribution in [0.1, 0.15) is 5.56 Å². The van der Waals surface area contributed by atoms with Gasteiger partial charge in [0.05, 0.1) is 6.54 Å². The minimum Gasteiger partial charge on any atom is -0.508 e. The second-order valence-electron chi connectivity index (χ2n) is 4.72. The third kappa shape index (κ3) is 2.43. The van der Waals surface area contributed by atoms with E-state index in [1.54, 1.807) is 6.07 Å². The highest BCUT2D eigenvalue weighted by molar-refractivity contribution is 7.84. The Morgan fingerprint density at radius 2 is 1.75 bits per heavy atom. The smallest absolute Gasteiger partial charge is 0.370 e. The number of phenols is 1. The first-order valence-corrected chi connectivity index (χ1v) is 7.72. The first-order valence-electron chi connectivity index (χ1n) is 6.32. The molecule has 0 bridgehead atoms. The molecule has 0 atom stereocenters. The summed E-state index contributed by atoms with van der Waals surface area (Å²) in [5.41, 5.74) is -3.19. The number of carbonyl (C=O) groups is 1. The van der Waals surface area contributed by atoms with E-state index in [1.807, 2.05) is 0 Å². The van der Waals surface area contributed by atoms with Crippen LogP contribution in [-0.4, -0.2) is 32.6 Å². The van der Waals surface area contributed by atoms with Crippen LogP contribution in [0.15, 0.2) is 43.8 Å². The lowest BCUT2D eigenvalue weighted by atomic mass is 10.2. The van der Waals surface area contributed by atoms with E-state index >= 15 is 0 Å². The van der Waals surface area contributed by atoms with Gasteiger partial charge in [0.25, 0.3) is 5.56 Å². The molecular weight excluding hydrogens is 344 g/mol. The Morgan fingerprint density at radius 1 is 1.08 bits per heavy atom. The summed E-state index contributed by atoms with van der Waals surface area (Å²) < 4.78 is 32.0. The number of hydrogen-bond acceptors (Lipinski definition) is 6. The maximum atomic E-state index is 12.3. The quantitative estimate of drug-likeness (QED) is 0.592. The Bertz CT molecular complexity index is 1220. The van der Waals surface area contributed by atoms with Crippen molar-refractivity contribution in [1.29, 1.82) is 0 Å². The molecule has 0 spiro atoms. The molecule has 0 saturated heterocycles. The molecule has 0 aliphatic carbocycles. The van der Waals surface area contributed by atoms with Gasteiger partial charge in [-0.15, -0.1) is 3.97 Å². The summed E-state index contributed by atoms with van der Waals surface area (Å²) in [7, 11) is -5.23. The standard InChI is InChI=1S/C12H8N4O7S/c17-7-4-2-1-3-6(7)5-15-9-8(13-11(19)14-9)10(18)16(12(15)20)24(21,22)23/h1-4,17H,5H2,(H,21,22,23). The molecule has 0 fully saturated rings. The minimum absolute atomic E-state index is 0.192. The van der Waals surface area contributed by atoms with E-state index in [1.165, 1.54) is 18.2 Å². The van der Waals surface area contributed by atoms with Crippen molar-refractivity contribution in [2.24, 2.45) is 9.98 Å². The van der Waals surface area contributed by atoms with Crippen LogP contribution in [0.3, 0.4) is 0 Å². The van der Waals surface area contributed by atoms with Crippen LogP contribution in [-0.2, 0) is 16.8 Å². The molecule has 1 aromatic heterocycles. The van der Waals surface area contributed by atoms with Gasteiger partial charge in [0.2, 0.25) is 0 Å². The Kier molecular flexibility index (Phi) is 3.42. The van der Waals surface area contributed by atoms with Gasteiger partial charge in [0.1, 0.15) is 5.75 Å². The number of nitrogens with zero attached hydrogens (tertiary/aromatic N) is 4. The Balaban J connectivity index is 2.43. The highest BCUT2D eigenvalue weighted by Gasteiger charge is 2.24. The summed E-state index contributed by atoms with van der Waals surface area (Å²) in [4.78, 5) is 42.3. The molecule has 124 valence electrons. The number of para-hydroxylation sites is 1. The van der Waals surface area contributed by atoms with Crippen molar-refractivity contribution < 1.29 is 22.9 Å². The lowest BCUT2D eigenvalue weighted by Crippen LogP contribution is -2.59. The van der Waals surface area contributed by atoms with Crippen molar-refractivity contribution in [3.05, 3.63) is 61.5 Å². The largest absolute Gasteiger partial charge is 0.508 e. The molecule has 1 aliphatic rings. The topological polar surface area (TPSA) is 160 Å². The molecule has 2 aromatic rings. The third-order valence-electron chi connectivity index (χ3n) is 3.22. The Morgan fingerprint density at radius 3 is 2.38 bits per heavy atom. The van der Waals surface area contributed by atoms with E-state index in [0.29, 0.717) is 4.57 Å². The molecule has 0 radical (unpaired) electrons. The number of benzene rings is 1. The van der Waals surface area contributed by atoms with E-state index in [9.17, 15) is 27.9 Å². The molecule has 12 heteroatoms. The van der Waals surface area contributed by atoms with Gasteiger partial charge in [-0.3, -0.25) is 13.9 Å². The molecule has 2 N–H and O–H groups in total. The minimum atomic E-state index is -5.23. The normalized spacial score (nSPS) is 13.3. The van der Waals surface area contributed by atoms with Gasteiger partial charge in [-0.1, -0.05) is 18.2 Å². The molecule has 24 heavy (non-hydrogen) atoms. The van der Waals surface area contributed by atoms with E-state index in [0.717, 1.165) is 0 Å². The van der Waals surface area contributed by atoms with Crippen LogP contribution in [0.4, 0.5) is 4.79 Å². The van der Waals surface area contributed by atoms with Crippen molar-refractivity contribution in [3.63, 3.8) is 0 Å². The maximum absolute atomic E-state index is 12.3. The van der Waals surface area contributed by atoms with Gasteiger partial charge in [-0.25, -0.2) is 9.59 Å². The fourth-order valence-electron chi connectivity index (χ4n) is 2.19. The van der Waals surface area contributed by atoms with Crippen LogP contribution in [0.5, 0.6) is 5.75 Å². The summed E-state index contributed by atoms with van der Waals surface area (Å²) in [5, 5.41) is 9.09. The summed E-state index contributed by atoms with van der Waals surface area (Å²) in [6, 6.07) is 4.73. The number of amides is 2. The number of fused-ring (bicyclic) bond motifs is 1. The molecule has 2 amide bonds. The third-order valence-corrected chi connectivity index (χ3v) is 4.00. The number of carbonyl (C=O) groups excluding carboxylic acids is 1. The number of urea groups is 1. The second-order valence-corrected chi connectivity index (χ2v) is 5.98. The molecule has 3 rings (SSSR count). The number of hydrogen-bond donors (Lipinski definition) is 2. The van der Waals surface area contributed by atoms with Crippen LogP contribution < -0.4 is 22.1 Å². The van der Waals surface area contributed by atoms with Crippen molar-refractivity contribution >= 4 is 16.3 Å². The number of aromatic nitrogens is 2. The summed E-state index contributed by atoms with van der Waals surface area (Å²) >= 11 is 0. The highest BCUT2D eigenvalue weighted by atomic mass is 32.2. The van der Waals surface area contributed by atoms with Gasteiger partial charge in [-0.05, 0) is 6.07 Å². The van der Waals surface area contributed by atoms with Gasteiger partial charge in [-0.2, -0.15) is 18.4 Å². The average molecular weight is 352 g/mol. The zero-order valence-corrected chi connectivity index (χ0v) is 12.5. The van der Waals surface area contributed by atoms with Gasteiger partial charge >= 0.3 is 22.0 Å². The average Bonchev–Trinajstić information content (AvgIpc) is 2.86. The fourth-order valence-corrected chi connectivity index (χ4v) is 2.78. The van der Waals surface area contributed by atoms with Crippen molar-refractivity contribution in [2.75, 3.05) is 0 Å². The monoisotopic (exact) mass is 352 g/mol. The number of phenolic OH excluding ortho intramolecular Hbond substituents is 1. The zero-order valence-electron chi connectivity index (χ0n) is 11.6. The predicted molar refractivity (Wildman–Crippen MR) is 76.8 cm³/mol. The fraction of sp³-hybridized carbons (Fsp3) is 0.0833. The van der Waals surface area contributed by atoms with Gasteiger partial charge in [0.15, 0.2) is 10.8 Å². The predicted octanol–water partition coefficient (Wildman–Crippen LogP) is -2.21. The Hall–Kier alpha value is -3.12. The molecule has 1 aliphatic heterocycles. The van der Waals surface area contributed by atoms with Crippen LogP contribution >= 0.6 is 0 Å². The van der Waals surface area contributed by atoms with Gasteiger partial charge in [0, 0.05) is 5.56 Å². The van der Waals surface area contributed by atoms with E-state index in [-0.39, 0.29) is 11.3 Å². The van der Waals surface area contributed by atoms with Gasteiger partial charge < -0.3 is 5.11 Å². The zero-order chi connectivity index (χ0) is 17.6. The second kappa shape index (κ2) is 5.21. The molecule has 1 aromatic carbocycles. The lowest BCUT2D eigenvalue weighted by Gasteiger charge is -2.09. The lowest BCUT2D eigenvalue weighted by molar-refractivity contribution is 0.256. The SMILES string of the molecule is O=C1N=c2c(n(Cc3ccccc3O)c(=O)n(S(=O)(=O)O)c2=O)=N1. The number of aromatic hydroxyl groups is 1. The van der Waals surface area contributed by atoms with Crippen molar-refractivity contribution in [1.82, 2.24) is 8.54 Å². The van der Waals surface area contributed by atoms with Crippen LogP contribution in [0.25, 0.3) is 0 Å². The van der Waals surface area contributed by atoms with E-state index in [2.05, 4.69) is 9.98 Å². The van der Waals surface area contributed by atoms with Crippen LogP contribution in [0, 0.1) is 0 Å².